The van der Waals surface area contributed by atoms with E-state index < -0.39 is 0 Å². The molecule has 0 spiro atoms. The van der Waals surface area contributed by atoms with Gasteiger partial charge in [0.1, 0.15) is 5.84 Å². The van der Waals surface area contributed by atoms with Crippen LogP contribution in [-0.2, 0) is 0 Å². The number of fused-ring (bicyclic) bond motifs is 1. The van der Waals surface area contributed by atoms with Gasteiger partial charge < -0.3 is 11.2 Å². The highest BCUT2D eigenvalue weighted by atomic mass is 15.4. The van der Waals surface area contributed by atoms with E-state index in [2.05, 4.69) is 35.7 Å². The quantitative estimate of drug-likeness (QED) is 0.522. The van der Waals surface area contributed by atoms with Gasteiger partial charge in [-0.2, -0.15) is 5.10 Å². The van der Waals surface area contributed by atoms with Gasteiger partial charge in [-0.1, -0.05) is 23.8 Å². The van der Waals surface area contributed by atoms with E-state index in [-0.39, 0.29) is 5.92 Å². The van der Waals surface area contributed by atoms with Gasteiger partial charge in [-0.3, -0.25) is 0 Å². The molecule has 2 unspecified atom stereocenters. The molecule has 0 radical (unpaired) electrons. The van der Waals surface area contributed by atoms with Crippen LogP contribution < -0.4 is 11.2 Å². The highest BCUT2D eigenvalue weighted by Crippen LogP contribution is 2.20. The first kappa shape index (κ1) is 6.46. The Morgan fingerprint density at radius 3 is 3.27 bits per heavy atom. The molecular formula is C8H11N3. The van der Waals surface area contributed by atoms with Crippen LogP contribution in [0.2, 0.25) is 0 Å². The minimum atomic E-state index is 0.278. The zero-order valence-corrected chi connectivity index (χ0v) is 6.41. The van der Waals surface area contributed by atoms with Gasteiger partial charge >= 0.3 is 0 Å². The second-order valence-electron chi connectivity index (χ2n) is 2.99. The number of amidine groups is 1. The highest BCUT2D eigenvalue weighted by Gasteiger charge is 2.27. The van der Waals surface area contributed by atoms with E-state index in [0.717, 1.165) is 0 Å². The molecule has 2 atom stereocenters. The normalized spacial score (nSPS) is 33.9. The molecule has 11 heavy (non-hydrogen) atoms. The van der Waals surface area contributed by atoms with E-state index in [9.17, 15) is 0 Å². The van der Waals surface area contributed by atoms with Gasteiger partial charge in [0, 0.05) is 0 Å². The lowest BCUT2D eigenvalue weighted by Crippen LogP contribution is -2.30. The molecule has 58 valence electrons. The van der Waals surface area contributed by atoms with Crippen LogP contribution in [0.5, 0.6) is 0 Å². The van der Waals surface area contributed by atoms with Crippen molar-refractivity contribution in [2.75, 3.05) is 0 Å². The van der Waals surface area contributed by atoms with Gasteiger partial charge in [0.25, 0.3) is 0 Å². The van der Waals surface area contributed by atoms with Gasteiger partial charge in [0.2, 0.25) is 0 Å². The summed E-state index contributed by atoms with van der Waals surface area (Å²) in [7, 11) is 0. The molecule has 0 bridgehead atoms. The van der Waals surface area contributed by atoms with Crippen molar-refractivity contribution in [3.63, 3.8) is 0 Å². The lowest BCUT2D eigenvalue weighted by molar-refractivity contribution is 0.617. The Hall–Kier alpha value is -1.25. The average molecular weight is 149 g/mol. The molecule has 3 N–H and O–H groups in total. The standard InChI is InChI=1S/C8H11N3/c1-5-2-3-7-6(4-5)8(9)11-10-7/h2-4,6-7,10H,1H3,(H2,9,11). The SMILES string of the molecule is CC1=CC2C(N)=NNC2C=C1. The Balaban J connectivity index is 2.29. The van der Waals surface area contributed by atoms with Crippen molar-refractivity contribution in [1.82, 2.24) is 5.43 Å². The number of hydrazone groups is 1. The Bertz CT molecular complexity index is 263. The third-order valence-corrected chi connectivity index (χ3v) is 2.08. The summed E-state index contributed by atoms with van der Waals surface area (Å²) in [5.41, 5.74) is 9.88. The van der Waals surface area contributed by atoms with Crippen molar-refractivity contribution in [1.29, 1.82) is 0 Å². The van der Waals surface area contributed by atoms with E-state index in [1.165, 1.54) is 5.57 Å². The first-order chi connectivity index (χ1) is 5.27. The fourth-order valence-corrected chi connectivity index (χ4v) is 1.43. The van der Waals surface area contributed by atoms with E-state index in [1.54, 1.807) is 0 Å². The topological polar surface area (TPSA) is 50.4 Å². The van der Waals surface area contributed by atoms with Gasteiger partial charge in [-0.25, -0.2) is 0 Å². The molecule has 1 aliphatic heterocycles. The third-order valence-electron chi connectivity index (χ3n) is 2.08. The summed E-state index contributed by atoms with van der Waals surface area (Å²) in [5.74, 6) is 0.971. The van der Waals surface area contributed by atoms with Crippen LogP contribution in [0.4, 0.5) is 0 Å². The molecule has 0 aromatic heterocycles. The Labute approximate surface area is 65.7 Å². The molecule has 1 heterocycles. The summed E-state index contributed by atoms with van der Waals surface area (Å²) in [4.78, 5) is 0. The molecule has 0 fully saturated rings. The predicted molar refractivity (Wildman–Crippen MR) is 44.9 cm³/mol. The maximum atomic E-state index is 5.66. The first-order valence-electron chi connectivity index (χ1n) is 3.72. The maximum Gasteiger partial charge on any atom is 0.129 e. The minimum Gasteiger partial charge on any atom is -0.385 e. The second kappa shape index (κ2) is 2.12. The number of allylic oxidation sites excluding steroid dienone is 2. The highest BCUT2D eigenvalue weighted by molar-refractivity contribution is 5.87. The van der Waals surface area contributed by atoms with Crippen molar-refractivity contribution >= 4 is 5.84 Å². The second-order valence-corrected chi connectivity index (χ2v) is 2.99. The van der Waals surface area contributed by atoms with Crippen LogP contribution in [0.3, 0.4) is 0 Å². The zero-order chi connectivity index (χ0) is 7.84. The van der Waals surface area contributed by atoms with E-state index in [0.29, 0.717) is 11.9 Å². The van der Waals surface area contributed by atoms with Crippen molar-refractivity contribution in [3.05, 3.63) is 23.8 Å². The molecule has 1 aliphatic carbocycles. The Kier molecular flexibility index (Phi) is 1.24. The van der Waals surface area contributed by atoms with E-state index >= 15 is 0 Å². The van der Waals surface area contributed by atoms with Crippen LogP contribution in [-0.4, -0.2) is 11.9 Å². The largest absolute Gasteiger partial charge is 0.385 e. The Morgan fingerprint density at radius 1 is 1.64 bits per heavy atom. The summed E-state index contributed by atoms with van der Waals surface area (Å²) >= 11 is 0. The van der Waals surface area contributed by atoms with Crippen molar-refractivity contribution in [3.8, 4) is 0 Å². The summed E-state index contributed by atoms with van der Waals surface area (Å²) in [6.07, 6.45) is 6.33. The third kappa shape index (κ3) is 0.926. The Morgan fingerprint density at radius 2 is 2.45 bits per heavy atom. The molecule has 0 aromatic carbocycles. The molecule has 0 amide bonds. The molecule has 0 saturated carbocycles. The summed E-state index contributed by atoms with van der Waals surface area (Å²) in [6.45, 7) is 2.07. The van der Waals surface area contributed by atoms with Gasteiger partial charge in [0.15, 0.2) is 0 Å². The fourth-order valence-electron chi connectivity index (χ4n) is 1.43. The number of rotatable bonds is 0. The lowest BCUT2D eigenvalue weighted by atomic mass is 9.93. The summed E-state index contributed by atoms with van der Waals surface area (Å²) in [6, 6.07) is 0.290. The van der Waals surface area contributed by atoms with Crippen LogP contribution in [0, 0.1) is 5.92 Å². The molecule has 0 saturated heterocycles. The van der Waals surface area contributed by atoms with Crippen molar-refractivity contribution in [2.24, 2.45) is 16.8 Å². The maximum absolute atomic E-state index is 5.66. The zero-order valence-electron chi connectivity index (χ0n) is 6.41. The number of hydrogen-bond donors (Lipinski definition) is 2. The molecule has 3 heteroatoms. The van der Waals surface area contributed by atoms with Crippen LogP contribution in [0.15, 0.2) is 28.9 Å². The number of nitrogens with two attached hydrogens (primary N) is 1. The van der Waals surface area contributed by atoms with Crippen LogP contribution in [0.1, 0.15) is 6.92 Å². The van der Waals surface area contributed by atoms with Crippen molar-refractivity contribution < 1.29 is 0 Å². The van der Waals surface area contributed by atoms with Crippen molar-refractivity contribution in [2.45, 2.75) is 13.0 Å². The fraction of sp³-hybridized carbons (Fsp3) is 0.375. The van der Waals surface area contributed by atoms with Crippen LogP contribution in [0.25, 0.3) is 0 Å². The van der Waals surface area contributed by atoms with E-state index in [4.69, 9.17) is 5.73 Å². The summed E-state index contributed by atoms with van der Waals surface area (Å²) < 4.78 is 0. The van der Waals surface area contributed by atoms with Crippen LogP contribution >= 0.6 is 0 Å². The van der Waals surface area contributed by atoms with E-state index in [1.807, 2.05) is 0 Å². The number of hydrogen-bond acceptors (Lipinski definition) is 3. The number of nitrogens with one attached hydrogen (secondary N) is 1. The summed E-state index contributed by atoms with van der Waals surface area (Å²) in [5, 5.41) is 3.96. The monoisotopic (exact) mass is 149 g/mol. The van der Waals surface area contributed by atoms with Gasteiger partial charge in [0.05, 0.1) is 12.0 Å². The smallest absolute Gasteiger partial charge is 0.129 e. The minimum absolute atomic E-state index is 0.278. The average Bonchev–Trinajstić information content (AvgIpc) is 2.33. The van der Waals surface area contributed by atoms with Gasteiger partial charge in [-0.05, 0) is 6.92 Å². The molecule has 2 rings (SSSR count). The molecular weight excluding hydrogens is 138 g/mol. The first-order valence-corrected chi connectivity index (χ1v) is 3.72. The van der Waals surface area contributed by atoms with Gasteiger partial charge in [-0.15, -0.1) is 0 Å². The molecule has 0 aromatic rings. The molecule has 2 aliphatic rings. The lowest BCUT2D eigenvalue weighted by Gasteiger charge is -2.16. The predicted octanol–water partition coefficient (Wildman–Crippen LogP) is 0.363. The molecule has 3 nitrogen and oxygen atoms in total. The number of nitrogens with zero attached hydrogens (tertiary/aromatic N) is 1.